The van der Waals surface area contributed by atoms with Crippen molar-refractivity contribution >= 4 is 47.3 Å². The zero-order valence-electron chi connectivity index (χ0n) is 18.4. The number of carbonyl (C=O) groups excluding carboxylic acids is 3. The van der Waals surface area contributed by atoms with Gasteiger partial charge in [0.05, 0.1) is 35.2 Å². The first-order valence-corrected chi connectivity index (χ1v) is 10.5. The van der Waals surface area contributed by atoms with E-state index in [1.54, 1.807) is 25.1 Å². The minimum atomic E-state index is -1.93. The van der Waals surface area contributed by atoms with E-state index in [9.17, 15) is 24.3 Å². The van der Waals surface area contributed by atoms with E-state index in [-0.39, 0.29) is 48.7 Å². The lowest BCUT2D eigenvalue weighted by Crippen LogP contribution is -2.44. The van der Waals surface area contributed by atoms with E-state index in [2.05, 4.69) is 10.5 Å². The van der Waals surface area contributed by atoms with Gasteiger partial charge in [-0.05, 0) is 18.6 Å². The van der Waals surface area contributed by atoms with Gasteiger partial charge >= 0.3 is 17.8 Å². The Morgan fingerprint density at radius 3 is 2.77 bits per heavy atom. The lowest BCUT2D eigenvalue weighted by molar-refractivity contribution is -0.172. The monoisotopic (exact) mass is 497 g/mol. The van der Waals surface area contributed by atoms with Crippen molar-refractivity contribution in [2.24, 2.45) is 10.8 Å². The van der Waals surface area contributed by atoms with Crippen LogP contribution in [0.2, 0.25) is 0 Å². The van der Waals surface area contributed by atoms with Crippen LogP contribution in [0.15, 0.2) is 40.2 Å². The average molecular weight is 498 g/mol. The first-order chi connectivity index (χ1) is 16.3. The molecule has 0 fully saturated rings. The Hall–Kier alpha value is -4.09. The lowest BCUT2D eigenvalue weighted by Gasteiger charge is -2.31. The molecule has 35 heavy (non-hydrogen) atoms. The van der Waals surface area contributed by atoms with E-state index in [0.29, 0.717) is 33.4 Å². The predicted molar refractivity (Wildman–Crippen MR) is 127 cm³/mol. The van der Waals surface area contributed by atoms with E-state index in [0.717, 1.165) is 0 Å². The molecule has 5 rings (SSSR count). The predicted octanol–water partition coefficient (Wildman–Crippen LogP) is 0.437. The van der Waals surface area contributed by atoms with Crippen molar-refractivity contribution in [2.45, 2.75) is 32.1 Å². The number of hydrogen-bond acceptors (Lipinski definition) is 8. The number of cyclic esters (lactones) is 1. The Labute approximate surface area is 204 Å². The van der Waals surface area contributed by atoms with Gasteiger partial charge in [-0.3, -0.25) is 14.4 Å². The zero-order valence-corrected chi connectivity index (χ0v) is 19.2. The number of aliphatic hydroxyl groups is 1. The molecule has 0 aliphatic carbocycles. The van der Waals surface area contributed by atoms with Crippen molar-refractivity contribution in [1.29, 1.82) is 0 Å². The van der Waals surface area contributed by atoms with Gasteiger partial charge in [-0.15, -0.1) is 12.4 Å². The third-order valence-corrected chi connectivity index (χ3v) is 6.22. The highest BCUT2D eigenvalue weighted by Crippen LogP contribution is 2.39. The maximum atomic E-state index is 13.4. The highest BCUT2D eigenvalue weighted by atomic mass is 35.5. The summed E-state index contributed by atoms with van der Waals surface area (Å²) < 4.78 is 6.60. The number of aromatic nitrogens is 2. The number of pyridine rings is 2. The molecule has 2 aliphatic heterocycles. The maximum absolute atomic E-state index is 13.4. The fourth-order valence-electron chi connectivity index (χ4n) is 4.42. The summed E-state index contributed by atoms with van der Waals surface area (Å²) in [6.07, 6.45) is 1.41. The molecule has 1 aromatic carbocycles. The standard InChI is InChI=1S/C23H19N5O6.ClH/c1-2-23(33)15-7-17-18-13(9-28(17)21(31)14(15)10-34-22(23)32)12(8-25-27-20(30)19(24)29)11-5-3-4-6-16(11)26-18;/h3-8,33H,2,9-10H2,1H3,(H2,24,29)(H,27,30);1H/b25-8-;/t23-;/m0./s1. The van der Waals surface area contributed by atoms with Gasteiger partial charge < -0.3 is 20.1 Å². The summed E-state index contributed by atoms with van der Waals surface area (Å²) in [6.45, 7) is 1.56. The number of primary amides is 1. The van der Waals surface area contributed by atoms with Crippen molar-refractivity contribution in [3.05, 3.63) is 62.9 Å². The third kappa shape index (κ3) is 3.56. The van der Waals surface area contributed by atoms with Crippen LogP contribution < -0.4 is 16.7 Å². The van der Waals surface area contributed by atoms with Gasteiger partial charge in [-0.1, -0.05) is 25.1 Å². The number of nitrogens with one attached hydrogen (secondary N) is 1. The average Bonchev–Trinajstić information content (AvgIpc) is 3.20. The molecule has 180 valence electrons. The lowest BCUT2D eigenvalue weighted by atomic mass is 9.86. The summed E-state index contributed by atoms with van der Waals surface area (Å²) in [6, 6.07) is 8.84. The molecule has 0 saturated heterocycles. The SMILES string of the molecule is CC[C@@]1(O)C(=O)OCc2c1cc1n(c2=O)Cc2c-1nc1ccccc1c2/C=N\NC(=O)C(N)=O.Cl. The first-order valence-electron chi connectivity index (χ1n) is 10.5. The molecule has 0 unspecified atom stereocenters. The number of nitrogens with two attached hydrogens (primary N) is 1. The fraction of sp³-hybridized carbons (Fsp3) is 0.217. The van der Waals surface area contributed by atoms with Gasteiger partial charge in [0, 0.05) is 22.1 Å². The number of hydrazone groups is 1. The van der Waals surface area contributed by atoms with Crippen LogP contribution in [0.1, 0.15) is 35.6 Å². The van der Waals surface area contributed by atoms with E-state index < -0.39 is 23.4 Å². The summed E-state index contributed by atoms with van der Waals surface area (Å²) in [5.74, 6) is -3.04. The third-order valence-electron chi connectivity index (χ3n) is 6.22. The van der Waals surface area contributed by atoms with Crippen LogP contribution in [0.3, 0.4) is 0 Å². The minimum absolute atomic E-state index is 0. The van der Waals surface area contributed by atoms with Crippen LogP contribution in [0.5, 0.6) is 0 Å². The number of halogens is 1. The van der Waals surface area contributed by atoms with Gasteiger partial charge in [0.2, 0.25) is 0 Å². The topological polar surface area (TPSA) is 166 Å². The molecular weight excluding hydrogens is 478 g/mol. The summed E-state index contributed by atoms with van der Waals surface area (Å²) in [7, 11) is 0. The normalized spacial score (nSPS) is 17.8. The van der Waals surface area contributed by atoms with Crippen molar-refractivity contribution in [2.75, 3.05) is 0 Å². The number of amides is 2. The molecule has 4 heterocycles. The molecular formula is C23H20ClN5O6. The van der Waals surface area contributed by atoms with Gasteiger partial charge in [0.25, 0.3) is 5.56 Å². The summed E-state index contributed by atoms with van der Waals surface area (Å²) >= 11 is 0. The van der Waals surface area contributed by atoms with Gasteiger partial charge in [0.1, 0.15) is 6.61 Å². The molecule has 4 N–H and O–H groups in total. The van der Waals surface area contributed by atoms with Crippen molar-refractivity contribution in [3.63, 3.8) is 0 Å². The van der Waals surface area contributed by atoms with E-state index in [1.165, 1.54) is 10.8 Å². The van der Waals surface area contributed by atoms with E-state index in [1.807, 2.05) is 12.1 Å². The van der Waals surface area contributed by atoms with Crippen molar-refractivity contribution in [3.8, 4) is 11.4 Å². The number of rotatable bonds is 3. The highest BCUT2D eigenvalue weighted by Gasteiger charge is 2.45. The van der Waals surface area contributed by atoms with Gasteiger partial charge in [0.15, 0.2) is 5.60 Å². The zero-order chi connectivity index (χ0) is 24.2. The fourth-order valence-corrected chi connectivity index (χ4v) is 4.42. The Morgan fingerprint density at radius 1 is 1.31 bits per heavy atom. The molecule has 2 amide bonds. The quantitative estimate of drug-likeness (QED) is 0.160. The van der Waals surface area contributed by atoms with Gasteiger partial charge in [-0.25, -0.2) is 15.2 Å². The second-order valence-electron chi connectivity index (χ2n) is 8.04. The molecule has 12 heteroatoms. The smallest absolute Gasteiger partial charge is 0.343 e. The number of hydrogen-bond donors (Lipinski definition) is 3. The van der Waals surface area contributed by atoms with E-state index >= 15 is 0 Å². The Bertz CT molecular complexity index is 1510. The number of nitrogens with zero attached hydrogens (tertiary/aromatic N) is 3. The van der Waals surface area contributed by atoms with Crippen LogP contribution in [0.25, 0.3) is 22.3 Å². The van der Waals surface area contributed by atoms with Crippen LogP contribution in [0.4, 0.5) is 0 Å². The number of esters is 1. The maximum Gasteiger partial charge on any atom is 0.343 e. The number of benzene rings is 1. The van der Waals surface area contributed by atoms with Crippen LogP contribution in [-0.4, -0.2) is 38.7 Å². The number of para-hydroxylation sites is 1. The molecule has 0 saturated carbocycles. The molecule has 3 aromatic rings. The number of fused-ring (bicyclic) bond motifs is 5. The summed E-state index contributed by atoms with van der Waals surface area (Å²) in [4.78, 5) is 52.9. The Balaban J connectivity index is 0.00000289. The second kappa shape index (κ2) is 8.60. The van der Waals surface area contributed by atoms with Crippen molar-refractivity contribution in [1.82, 2.24) is 15.0 Å². The number of ether oxygens (including phenoxy) is 1. The molecule has 1 atom stereocenters. The van der Waals surface area contributed by atoms with Gasteiger partial charge in [-0.2, -0.15) is 5.10 Å². The summed E-state index contributed by atoms with van der Waals surface area (Å²) in [5.41, 5.74) is 7.91. The molecule has 0 spiro atoms. The Morgan fingerprint density at radius 2 is 2.06 bits per heavy atom. The summed E-state index contributed by atoms with van der Waals surface area (Å²) in [5, 5.41) is 15.6. The highest BCUT2D eigenvalue weighted by molar-refractivity contribution is 6.34. The Kier molecular flexibility index (Phi) is 5.91. The molecule has 11 nitrogen and oxygen atoms in total. The largest absolute Gasteiger partial charge is 0.458 e. The van der Waals surface area contributed by atoms with Crippen LogP contribution in [-0.2, 0) is 37.9 Å². The minimum Gasteiger partial charge on any atom is -0.458 e. The van der Waals surface area contributed by atoms with Crippen molar-refractivity contribution < 1.29 is 24.2 Å². The van der Waals surface area contributed by atoms with Crippen LogP contribution >= 0.6 is 12.4 Å². The molecule has 2 aromatic heterocycles. The van der Waals surface area contributed by atoms with E-state index in [4.69, 9.17) is 15.5 Å². The van der Waals surface area contributed by atoms with Crippen LogP contribution in [0, 0.1) is 0 Å². The molecule has 0 radical (unpaired) electrons. The number of carbonyl (C=O) groups is 3. The second-order valence-corrected chi connectivity index (χ2v) is 8.04. The molecule has 0 bridgehead atoms. The first kappa shape index (κ1) is 24.0. The molecule has 2 aliphatic rings.